The molecule has 1 N–H and O–H groups in total. The Labute approximate surface area is 175 Å². The number of esters is 3. The second-order valence-corrected chi connectivity index (χ2v) is 7.25. The minimum Gasteiger partial charge on any atom is -0.467 e. The molecule has 0 aliphatic rings. The third-order valence-electron chi connectivity index (χ3n) is 3.54. The van der Waals surface area contributed by atoms with Gasteiger partial charge in [0.05, 0.1) is 14.2 Å². The predicted octanol–water partition coefficient (Wildman–Crippen LogP) is 2.41. The summed E-state index contributed by atoms with van der Waals surface area (Å²) < 4.78 is 19.6. The van der Waals surface area contributed by atoms with Crippen LogP contribution in [-0.2, 0) is 35.0 Å². The Bertz CT molecular complexity index is 823. The van der Waals surface area contributed by atoms with Crippen LogP contribution in [0.15, 0.2) is 24.3 Å². The highest BCUT2D eigenvalue weighted by atomic mass is 16.6. The van der Waals surface area contributed by atoms with Gasteiger partial charge in [0.15, 0.2) is 0 Å². The van der Waals surface area contributed by atoms with Crippen LogP contribution < -0.4 is 10.1 Å². The van der Waals surface area contributed by atoms with Crippen molar-refractivity contribution in [2.45, 2.75) is 45.8 Å². The lowest BCUT2D eigenvalue weighted by atomic mass is 10.0. The maximum Gasteiger partial charge on any atom is 0.408 e. The molecule has 0 radical (unpaired) electrons. The van der Waals surface area contributed by atoms with E-state index in [-0.39, 0.29) is 12.2 Å². The van der Waals surface area contributed by atoms with E-state index in [1.165, 1.54) is 39.4 Å². The highest BCUT2D eigenvalue weighted by Crippen LogP contribution is 2.23. The molecule has 30 heavy (non-hydrogen) atoms. The molecule has 1 atom stereocenters. The first-order chi connectivity index (χ1) is 13.9. The molecule has 0 fully saturated rings. The standard InChI is InChI=1S/C21H27NO8/c1-13(23)29-17-9-7-14(11-15(17)8-10-18(24)27-5)12-16(19(25)28-6)22-20(26)30-21(2,3)4/h7-11,16H,12H2,1-6H3,(H,22,26)/b10-8+. The van der Waals surface area contributed by atoms with E-state index < -0.39 is 35.6 Å². The zero-order valence-corrected chi connectivity index (χ0v) is 17.9. The number of amides is 1. The van der Waals surface area contributed by atoms with Gasteiger partial charge >= 0.3 is 24.0 Å². The van der Waals surface area contributed by atoms with Gasteiger partial charge < -0.3 is 24.3 Å². The summed E-state index contributed by atoms with van der Waals surface area (Å²) in [6, 6.07) is 3.75. The average molecular weight is 421 g/mol. The molecular weight excluding hydrogens is 394 g/mol. The van der Waals surface area contributed by atoms with Crippen LogP contribution in [0.4, 0.5) is 4.79 Å². The zero-order chi connectivity index (χ0) is 22.9. The molecule has 0 saturated carbocycles. The fourth-order valence-corrected chi connectivity index (χ4v) is 2.35. The number of nitrogens with one attached hydrogen (secondary N) is 1. The SMILES string of the molecule is COC(=O)/C=C/c1cc(CC(NC(=O)OC(C)(C)C)C(=O)OC)ccc1OC(C)=O. The molecule has 0 saturated heterocycles. The lowest BCUT2D eigenvalue weighted by molar-refractivity contribution is -0.143. The molecular formula is C21H27NO8. The van der Waals surface area contributed by atoms with E-state index in [2.05, 4.69) is 10.1 Å². The Hall–Kier alpha value is -3.36. The molecule has 1 aromatic carbocycles. The third kappa shape index (κ3) is 8.76. The van der Waals surface area contributed by atoms with Crippen molar-refractivity contribution in [1.29, 1.82) is 0 Å². The number of hydrogen-bond acceptors (Lipinski definition) is 8. The third-order valence-corrected chi connectivity index (χ3v) is 3.54. The van der Waals surface area contributed by atoms with Crippen LogP contribution in [-0.4, -0.2) is 49.9 Å². The van der Waals surface area contributed by atoms with E-state index >= 15 is 0 Å². The van der Waals surface area contributed by atoms with Crippen molar-refractivity contribution in [2.24, 2.45) is 0 Å². The Morgan fingerprint density at radius 2 is 1.77 bits per heavy atom. The van der Waals surface area contributed by atoms with E-state index in [0.717, 1.165) is 0 Å². The van der Waals surface area contributed by atoms with Gasteiger partial charge in [0.25, 0.3) is 0 Å². The Kier molecular flexibility index (Phi) is 9.04. The molecule has 0 aliphatic carbocycles. The fraction of sp³-hybridized carbons (Fsp3) is 0.429. The summed E-state index contributed by atoms with van der Waals surface area (Å²) >= 11 is 0. The largest absolute Gasteiger partial charge is 0.467 e. The van der Waals surface area contributed by atoms with Gasteiger partial charge in [-0.25, -0.2) is 14.4 Å². The van der Waals surface area contributed by atoms with Crippen LogP contribution in [0.25, 0.3) is 6.08 Å². The van der Waals surface area contributed by atoms with E-state index in [4.69, 9.17) is 14.2 Å². The molecule has 1 rings (SSSR count). The van der Waals surface area contributed by atoms with E-state index in [1.807, 2.05) is 0 Å². The zero-order valence-electron chi connectivity index (χ0n) is 17.9. The molecule has 0 heterocycles. The van der Waals surface area contributed by atoms with Crippen molar-refractivity contribution in [3.05, 3.63) is 35.4 Å². The van der Waals surface area contributed by atoms with Gasteiger partial charge in [-0.3, -0.25) is 4.79 Å². The maximum absolute atomic E-state index is 12.1. The summed E-state index contributed by atoms with van der Waals surface area (Å²) in [6.45, 7) is 6.36. The van der Waals surface area contributed by atoms with Gasteiger partial charge in [-0.2, -0.15) is 0 Å². The van der Waals surface area contributed by atoms with Gasteiger partial charge in [0, 0.05) is 25.0 Å². The molecule has 0 spiro atoms. The average Bonchev–Trinajstić information content (AvgIpc) is 2.64. The summed E-state index contributed by atoms with van der Waals surface area (Å²) in [5.41, 5.74) is 0.290. The van der Waals surface area contributed by atoms with Crippen LogP contribution in [0.3, 0.4) is 0 Å². The van der Waals surface area contributed by atoms with Crippen molar-refractivity contribution in [3.8, 4) is 5.75 Å². The Morgan fingerprint density at radius 3 is 2.30 bits per heavy atom. The lowest BCUT2D eigenvalue weighted by Crippen LogP contribution is -2.45. The summed E-state index contributed by atoms with van der Waals surface area (Å²) in [4.78, 5) is 46.9. The first kappa shape index (κ1) is 24.7. The number of carbonyl (C=O) groups excluding carboxylic acids is 4. The normalized spacial score (nSPS) is 12.1. The molecule has 164 valence electrons. The van der Waals surface area contributed by atoms with Crippen molar-refractivity contribution in [1.82, 2.24) is 5.32 Å². The first-order valence-corrected chi connectivity index (χ1v) is 9.10. The number of benzene rings is 1. The van der Waals surface area contributed by atoms with Crippen molar-refractivity contribution < 1.29 is 38.1 Å². The highest BCUT2D eigenvalue weighted by Gasteiger charge is 2.25. The van der Waals surface area contributed by atoms with Crippen LogP contribution in [0.2, 0.25) is 0 Å². The molecule has 1 amide bonds. The molecule has 0 aliphatic heterocycles. The Morgan fingerprint density at radius 1 is 1.10 bits per heavy atom. The summed E-state index contributed by atoms with van der Waals surface area (Å²) in [5.74, 6) is -1.56. The quantitative estimate of drug-likeness (QED) is 0.309. The van der Waals surface area contributed by atoms with Gasteiger partial charge in [0.1, 0.15) is 17.4 Å². The monoisotopic (exact) mass is 421 g/mol. The minimum atomic E-state index is -1.01. The Balaban J connectivity index is 3.15. The predicted molar refractivity (Wildman–Crippen MR) is 108 cm³/mol. The van der Waals surface area contributed by atoms with E-state index in [0.29, 0.717) is 11.1 Å². The van der Waals surface area contributed by atoms with E-state index in [9.17, 15) is 19.2 Å². The topological polar surface area (TPSA) is 117 Å². The number of carbonyl (C=O) groups is 4. The number of alkyl carbamates (subject to hydrolysis) is 1. The lowest BCUT2D eigenvalue weighted by Gasteiger charge is -2.22. The van der Waals surface area contributed by atoms with Gasteiger partial charge in [-0.1, -0.05) is 6.07 Å². The fourth-order valence-electron chi connectivity index (χ4n) is 2.35. The molecule has 0 bridgehead atoms. The smallest absolute Gasteiger partial charge is 0.408 e. The number of methoxy groups -OCH3 is 2. The van der Waals surface area contributed by atoms with Crippen molar-refractivity contribution in [3.63, 3.8) is 0 Å². The minimum absolute atomic E-state index is 0.0747. The maximum atomic E-state index is 12.1. The number of ether oxygens (including phenoxy) is 4. The molecule has 9 nitrogen and oxygen atoms in total. The first-order valence-electron chi connectivity index (χ1n) is 9.10. The van der Waals surface area contributed by atoms with Gasteiger partial charge in [0.2, 0.25) is 0 Å². The highest BCUT2D eigenvalue weighted by molar-refractivity contribution is 5.88. The van der Waals surface area contributed by atoms with Crippen LogP contribution >= 0.6 is 0 Å². The van der Waals surface area contributed by atoms with Crippen LogP contribution in [0, 0.1) is 0 Å². The second-order valence-electron chi connectivity index (χ2n) is 7.25. The second kappa shape index (κ2) is 11.0. The van der Waals surface area contributed by atoms with Crippen molar-refractivity contribution >= 4 is 30.1 Å². The van der Waals surface area contributed by atoms with Crippen LogP contribution in [0.1, 0.15) is 38.8 Å². The van der Waals surface area contributed by atoms with Gasteiger partial charge in [-0.15, -0.1) is 0 Å². The summed E-state index contributed by atoms with van der Waals surface area (Å²) in [6.07, 6.45) is 1.90. The molecule has 1 unspecified atom stereocenters. The molecule has 0 aromatic heterocycles. The van der Waals surface area contributed by atoms with Gasteiger partial charge in [-0.05, 0) is 44.5 Å². The number of hydrogen-bond donors (Lipinski definition) is 1. The van der Waals surface area contributed by atoms with Crippen molar-refractivity contribution in [2.75, 3.05) is 14.2 Å². The molecule has 9 heteroatoms. The van der Waals surface area contributed by atoms with E-state index in [1.54, 1.807) is 32.9 Å². The summed E-state index contributed by atoms with van der Waals surface area (Å²) in [7, 11) is 2.44. The summed E-state index contributed by atoms with van der Waals surface area (Å²) in [5, 5.41) is 2.49. The number of rotatable bonds is 7. The van der Waals surface area contributed by atoms with Crippen LogP contribution in [0.5, 0.6) is 5.75 Å². The molecule has 1 aromatic rings.